The Balaban J connectivity index is 2.78. The maximum Gasteiger partial charge on any atom is 0.391 e. The minimum absolute atomic E-state index is 0.0794. The fourth-order valence-electron chi connectivity index (χ4n) is 1.43. The zero-order chi connectivity index (χ0) is 14.6. The SMILES string of the molecule is CNc1ccc(Cl)c(C(=O)NC(C)CC(F)(F)F)n1. The van der Waals surface area contributed by atoms with Crippen LogP contribution in [0.25, 0.3) is 0 Å². The maximum absolute atomic E-state index is 12.2. The molecule has 1 heterocycles. The summed E-state index contributed by atoms with van der Waals surface area (Å²) in [7, 11) is 1.60. The number of nitrogens with one attached hydrogen (secondary N) is 2. The molecule has 4 nitrogen and oxygen atoms in total. The van der Waals surface area contributed by atoms with Crippen LogP contribution in [0.5, 0.6) is 0 Å². The largest absolute Gasteiger partial charge is 0.391 e. The molecular formula is C11H13ClF3N3O. The predicted octanol–water partition coefficient (Wildman–Crippen LogP) is 2.85. The van der Waals surface area contributed by atoms with Gasteiger partial charge < -0.3 is 10.6 Å². The van der Waals surface area contributed by atoms with E-state index in [0.29, 0.717) is 5.82 Å². The van der Waals surface area contributed by atoms with Crippen molar-refractivity contribution in [3.63, 3.8) is 0 Å². The first-order valence-electron chi connectivity index (χ1n) is 5.45. The molecule has 1 rings (SSSR count). The Morgan fingerprint density at radius 1 is 1.47 bits per heavy atom. The van der Waals surface area contributed by atoms with Gasteiger partial charge >= 0.3 is 6.18 Å². The Labute approximate surface area is 113 Å². The zero-order valence-electron chi connectivity index (χ0n) is 10.3. The molecule has 2 N–H and O–H groups in total. The van der Waals surface area contributed by atoms with Crippen molar-refractivity contribution in [2.75, 3.05) is 12.4 Å². The van der Waals surface area contributed by atoms with Gasteiger partial charge in [-0.2, -0.15) is 13.2 Å². The Bertz CT molecular complexity index is 465. The summed E-state index contributed by atoms with van der Waals surface area (Å²) >= 11 is 5.79. The van der Waals surface area contributed by atoms with Gasteiger partial charge in [0.05, 0.1) is 11.4 Å². The third kappa shape index (κ3) is 4.94. The first-order chi connectivity index (χ1) is 8.73. The molecule has 0 spiro atoms. The van der Waals surface area contributed by atoms with E-state index in [1.165, 1.54) is 13.0 Å². The lowest BCUT2D eigenvalue weighted by atomic mass is 10.2. The van der Waals surface area contributed by atoms with Crippen LogP contribution in [0.3, 0.4) is 0 Å². The number of carbonyl (C=O) groups is 1. The van der Waals surface area contributed by atoms with Crippen molar-refractivity contribution in [1.82, 2.24) is 10.3 Å². The summed E-state index contributed by atoms with van der Waals surface area (Å²) in [5, 5.41) is 5.00. The van der Waals surface area contributed by atoms with E-state index in [-0.39, 0.29) is 10.7 Å². The molecular weight excluding hydrogens is 283 g/mol. The molecule has 0 fully saturated rings. The van der Waals surface area contributed by atoms with Crippen molar-refractivity contribution in [3.8, 4) is 0 Å². The van der Waals surface area contributed by atoms with E-state index in [9.17, 15) is 18.0 Å². The van der Waals surface area contributed by atoms with Crippen LogP contribution >= 0.6 is 11.6 Å². The maximum atomic E-state index is 12.2. The highest BCUT2D eigenvalue weighted by Crippen LogP contribution is 2.22. The van der Waals surface area contributed by atoms with Gasteiger partial charge in [-0.05, 0) is 19.1 Å². The molecule has 0 aliphatic carbocycles. The third-order valence-corrected chi connectivity index (χ3v) is 2.54. The average molecular weight is 296 g/mol. The highest BCUT2D eigenvalue weighted by atomic mass is 35.5. The molecule has 0 bridgehead atoms. The summed E-state index contributed by atoms with van der Waals surface area (Å²) in [6, 6.07) is 1.95. The molecule has 1 atom stereocenters. The second-order valence-corrected chi connectivity index (χ2v) is 4.38. The summed E-state index contributed by atoms with van der Waals surface area (Å²) in [5.41, 5.74) is -0.109. The van der Waals surface area contributed by atoms with Crippen LogP contribution < -0.4 is 10.6 Å². The Hall–Kier alpha value is -1.50. The molecule has 106 valence electrons. The van der Waals surface area contributed by atoms with Gasteiger partial charge in [0, 0.05) is 13.1 Å². The lowest BCUT2D eigenvalue weighted by Crippen LogP contribution is -2.36. The summed E-state index contributed by atoms with van der Waals surface area (Å²) < 4.78 is 36.5. The number of aromatic nitrogens is 1. The van der Waals surface area contributed by atoms with E-state index in [4.69, 9.17) is 11.6 Å². The van der Waals surface area contributed by atoms with Gasteiger partial charge in [-0.1, -0.05) is 11.6 Å². The smallest absolute Gasteiger partial charge is 0.373 e. The molecule has 0 saturated carbocycles. The standard InChI is InChI=1S/C11H13ClF3N3O/c1-6(5-11(13,14)15)17-10(19)9-7(12)3-4-8(16-2)18-9/h3-4,6H,5H2,1-2H3,(H,16,18)(H,17,19). The van der Waals surface area contributed by atoms with Crippen molar-refractivity contribution < 1.29 is 18.0 Å². The second kappa shape index (κ2) is 6.10. The van der Waals surface area contributed by atoms with Gasteiger partial charge in [0.2, 0.25) is 0 Å². The van der Waals surface area contributed by atoms with E-state index in [1.54, 1.807) is 13.1 Å². The number of anilines is 1. The average Bonchev–Trinajstić information content (AvgIpc) is 2.26. The molecule has 0 radical (unpaired) electrons. The van der Waals surface area contributed by atoms with E-state index in [0.717, 1.165) is 0 Å². The molecule has 0 aliphatic rings. The fraction of sp³-hybridized carbons (Fsp3) is 0.455. The normalized spacial score (nSPS) is 12.9. The number of nitrogens with zero attached hydrogens (tertiary/aromatic N) is 1. The monoisotopic (exact) mass is 295 g/mol. The van der Waals surface area contributed by atoms with Gasteiger partial charge in [0.1, 0.15) is 11.5 Å². The molecule has 0 aromatic carbocycles. The van der Waals surface area contributed by atoms with Crippen LogP contribution in [0.4, 0.5) is 19.0 Å². The van der Waals surface area contributed by atoms with E-state index in [2.05, 4.69) is 15.6 Å². The highest BCUT2D eigenvalue weighted by Gasteiger charge is 2.31. The first-order valence-corrected chi connectivity index (χ1v) is 5.82. The second-order valence-electron chi connectivity index (χ2n) is 3.97. The van der Waals surface area contributed by atoms with Crippen molar-refractivity contribution >= 4 is 23.3 Å². The third-order valence-electron chi connectivity index (χ3n) is 2.23. The Morgan fingerprint density at radius 2 is 2.11 bits per heavy atom. The van der Waals surface area contributed by atoms with Crippen molar-refractivity contribution in [2.45, 2.75) is 25.6 Å². The first kappa shape index (κ1) is 15.6. The summed E-state index contributed by atoms with van der Waals surface area (Å²) in [6.45, 7) is 1.27. The van der Waals surface area contributed by atoms with Crippen molar-refractivity contribution in [3.05, 3.63) is 22.8 Å². The van der Waals surface area contributed by atoms with Crippen LogP contribution in [0, 0.1) is 0 Å². The van der Waals surface area contributed by atoms with Crippen LogP contribution in [-0.4, -0.2) is 30.2 Å². The van der Waals surface area contributed by atoms with Crippen LogP contribution in [0.2, 0.25) is 5.02 Å². The number of pyridine rings is 1. The summed E-state index contributed by atoms with van der Waals surface area (Å²) in [6.07, 6.45) is -5.45. The molecule has 1 aromatic rings. The van der Waals surface area contributed by atoms with Gasteiger partial charge in [-0.3, -0.25) is 4.79 Å². The predicted molar refractivity (Wildman–Crippen MR) is 66.4 cm³/mol. The molecule has 8 heteroatoms. The van der Waals surface area contributed by atoms with Gasteiger partial charge in [-0.15, -0.1) is 0 Å². The minimum Gasteiger partial charge on any atom is -0.373 e. The lowest BCUT2D eigenvalue weighted by molar-refractivity contribution is -0.138. The minimum atomic E-state index is -4.34. The zero-order valence-corrected chi connectivity index (χ0v) is 11.1. The van der Waals surface area contributed by atoms with Crippen molar-refractivity contribution in [1.29, 1.82) is 0 Å². The summed E-state index contributed by atoms with van der Waals surface area (Å²) in [4.78, 5) is 15.7. The van der Waals surface area contributed by atoms with Crippen LogP contribution in [0.1, 0.15) is 23.8 Å². The van der Waals surface area contributed by atoms with Crippen LogP contribution in [-0.2, 0) is 0 Å². The van der Waals surface area contributed by atoms with Crippen LogP contribution in [0.15, 0.2) is 12.1 Å². The van der Waals surface area contributed by atoms with E-state index >= 15 is 0 Å². The van der Waals surface area contributed by atoms with E-state index in [1.807, 2.05) is 0 Å². The Kier molecular flexibility index (Phi) is 4.99. The number of alkyl halides is 3. The van der Waals surface area contributed by atoms with Crippen molar-refractivity contribution in [2.24, 2.45) is 0 Å². The number of rotatable bonds is 4. The highest BCUT2D eigenvalue weighted by molar-refractivity contribution is 6.33. The molecule has 1 unspecified atom stereocenters. The van der Waals surface area contributed by atoms with E-state index < -0.39 is 24.5 Å². The quantitative estimate of drug-likeness (QED) is 0.898. The molecule has 19 heavy (non-hydrogen) atoms. The number of carbonyl (C=O) groups excluding carboxylic acids is 1. The number of halogens is 4. The topological polar surface area (TPSA) is 54.0 Å². The molecule has 1 aromatic heterocycles. The van der Waals surface area contributed by atoms with Gasteiger partial charge in [0.15, 0.2) is 0 Å². The fourth-order valence-corrected chi connectivity index (χ4v) is 1.62. The van der Waals surface area contributed by atoms with Gasteiger partial charge in [0.25, 0.3) is 5.91 Å². The molecule has 0 aliphatic heterocycles. The van der Waals surface area contributed by atoms with Gasteiger partial charge in [-0.25, -0.2) is 4.98 Å². The number of amides is 1. The number of hydrogen-bond donors (Lipinski definition) is 2. The Morgan fingerprint density at radius 3 is 2.63 bits per heavy atom. The lowest BCUT2D eigenvalue weighted by Gasteiger charge is -2.16. The molecule has 0 saturated heterocycles. The molecule has 1 amide bonds. The summed E-state index contributed by atoms with van der Waals surface area (Å²) in [5.74, 6) is -0.336. The number of hydrogen-bond acceptors (Lipinski definition) is 3.